The summed E-state index contributed by atoms with van der Waals surface area (Å²) in [5.74, 6) is 0. The molecular weight excluding hydrogens is 542 g/mol. The third kappa shape index (κ3) is 3.47. The van der Waals surface area contributed by atoms with Gasteiger partial charge in [-0.05, 0) is 91.0 Å². The van der Waals surface area contributed by atoms with E-state index in [0.29, 0.717) is 0 Å². The van der Waals surface area contributed by atoms with E-state index < -0.39 is 0 Å². The molecule has 1 nitrogen and oxygen atoms in total. The van der Waals surface area contributed by atoms with Crippen molar-refractivity contribution in [2.24, 2.45) is 0 Å². The van der Waals surface area contributed by atoms with Gasteiger partial charge < -0.3 is 0 Å². The van der Waals surface area contributed by atoms with Crippen molar-refractivity contribution in [3.63, 3.8) is 0 Å². The van der Waals surface area contributed by atoms with Gasteiger partial charge in [0.25, 0.3) is 0 Å². The minimum absolute atomic E-state index is 0.00987. The Morgan fingerprint density at radius 1 is 0.356 bits per heavy atom. The van der Waals surface area contributed by atoms with Crippen LogP contribution >= 0.6 is 0 Å². The van der Waals surface area contributed by atoms with E-state index in [1.54, 1.807) is 0 Å². The smallest absolute Gasteiger partial charge is 0.0753 e. The number of hydrogen-bond acceptors (Lipinski definition) is 1. The summed E-state index contributed by atoms with van der Waals surface area (Å²) >= 11 is 0. The zero-order chi connectivity index (χ0) is 30.9. The molecule has 45 heavy (non-hydrogen) atoms. The van der Waals surface area contributed by atoms with Gasteiger partial charge in [-0.25, -0.2) is 4.98 Å². The topological polar surface area (TPSA) is 12.9 Å². The van der Waals surface area contributed by atoms with Crippen molar-refractivity contribution in [3.05, 3.63) is 149 Å². The minimum atomic E-state index is -0.125. The SMILES string of the molecule is CC1(C)c2ccccc2-c2ccc(-c3ccc4c(c3)C(C)(C)c3ccc(-c5ccc6c(c5)C(C)(C)c5ccccc5-6)nc3-4)cc21. The Bertz CT molecular complexity index is 2240. The maximum Gasteiger partial charge on any atom is 0.0753 e. The average molecular weight is 580 g/mol. The van der Waals surface area contributed by atoms with Gasteiger partial charge in [-0.15, -0.1) is 0 Å². The molecule has 5 aromatic carbocycles. The lowest BCUT2D eigenvalue weighted by atomic mass is 9.80. The Labute approximate surface area is 266 Å². The van der Waals surface area contributed by atoms with Gasteiger partial charge in [-0.1, -0.05) is 133 Å². The van der Waals surface area contributed by atoms with Crippen LogP contribution in [0.3, 0.4) is 0 Å². The van der Waals surface area contributed by atoms with Gasteiger partial charge in [0, 0.05) is 27.4 Å². The molecule has 6 aromatic rings. The summed E-state index contributed by atoms with van der Waals surface area (Å²) in [4.78, 5) is 5.37. The Balaban J connectivity index is 1.12. The van der Waals surface area contributed by atoms with Crippen LogP contribution in [0.5, 0.6) is 0 Å². The maximum atomic E-state index is 5.37. The van der Waals surface area contributed by atoms with E-state index in [4.69, 9.17) is 4.98 Å². The van der Waals surface area contributed by atoms with Crippen molar-refractivity contribution in [2.75, 3.05) is 0 Å². The first kappa shape index (κ1) is 26.6. The summed E-state index contributed by atoms with van der Waals surface area (Å²) in [5.41, 5.74) is 20.7. The molecule has 1 heterocycles. The Hall–Kier alpha value is -4.75. The fourth-order valence-corrected chi connectivity index (χ4v) is 8.67. The highest BCUT2D eigenvalue weighted by Gasteiger charge is 2.39. The van der Waals surface area contributed by atoms with E-state index >= 15 is 0 Å². The molecule has 0 amide bonds. The largest absolute Gasteiger partial charge is 0.247 e. The summed E-state index contributed by atoms with van der Waals surface area (Å²) in [7, 11) is 0. The molecule has 0 N–H and O–H groups in total. The first-order valence-corrected chi connectivity index (χ1v) is 16.2. The molecule has 0 atom stereocenters. The van der Waals surface area contributed by atoms with E-state index in [1.165, 1.54) is 77.9 Å². The van der Waals surface area contributed by atoms with Crippen molar-refractivity contribution in [3.8, 4) is 55.9 Å². The van der Waals surface area contributed by atoms with Crippen molar-refractivity contribution in [1.82, 2.24) is 4.98 Å². The van der Waals surface area contributed by atoms with Gasteiger partial charge in [0.05, 0.1) is 11.4 Å². The fraction of sp³-hybridized carbons (Fsp3) is 0.205. The van der Waals surface area contributed by atoms with Crippen molar-refractivity contribution >= 4 is 0 Å². The minimum Gasteiger partial charge on any atom is -0.247 e. The molecule has 0 saturated carbocycles. The lowest BCUT2D eigenvalue weighted by Gasteiger charge is -2.23. The van der Waals surface area contributed by atoms with Crippen LogP contribution in [0.4, 0.5) is 0 Å². The zero-order valence-corrected chi connectivity index (χ0v) is 26.9. The molecule has 3 aliphatic carbocycles. The second-order valence-corrected chi connectivity index (χ2v) is 14.8. The average Bonchev–Trinajstić information content (AvgIpc) is 3.53. The predicted octanol–water partition coefficient (Wildman–Crippen LogP) is 11.3. The molecule has 0 radical (unpaired) electrons. The monoisotopic (exact) mass is 579 g/mol. The highest BCUT2D eigenvalue weighted by molar-refractivity contribution is 5.87. The van der Waals surface area contributed by atoms with Crippen LogP contribution in [0, 0.1) is 0 Å². The Morgan fingerprint density at radius 2 is 0.778 bits per heavy atom. The second-order valence-electron chi connectivity index (χ2n) is 14.8. The Kier molecular flexibility index (Phi) is 5.15. The summed E-state index contributed by atoms with van der Waals surface area (Å²) in [6.07, 6.45) is 0. The van der Waals surface area contributed by atoms with Gasteiger partial charge in [0.15, 0.2) is 0 Å². The number of benzene rings is 5. The quantitative estimate of drug-likeness (QED) is 0.199. The highest BCUT2D eigenvalue weighted by atomic mass is 14.7. The van der Waals surface area contributed by atoms with E-state index in [-0.39, 0.29) is 16.2 Å². The Morgan fingerprint density at radius 3 is 1.36 bits per heavy atom. The number of fused-ring (bicyclic) bond motifs is 9. The number of nitrogens with zero attached hydrogens (tertiary/aromatic N) is 1. The van der Waals surface area contributed by atoms with Crippen molar-refractivity contribution in [2.45, 2.75) is 57.8 Å². The third-order valence-electron chi connectivity index (χ3n) is 11.3. The van der Waals surface area contributed by atoms with Gasteiger partial charge >= 0.3 is 0 Å². The van der Waals surface area contributed by atoms with E-state index in [1.807, 2.05) is 0 Å². The van der Waals surface area contributed by atoms with Crippen molar-refractivity contribution < 1.29 is 0 Å². The number of hydrogen-bond donors (Lipinski definition) is 0. The van der Waals surface area contributed by atoms with Crippen LogP contribution in [0.25, 0.3) is 55.9 Å². The highest BCUT2D eigenvalue weighted by Crippen LogP contribution is 2.53. The lowest BCUT2D eigenvalue weighted by Crippen LogP contribution is -2.15. The predicted molar refractivity (Wildman–Crippen MR) is 188 cm³/mol. The van der Waals surface area contributed by atoms with Gasteiger partial charge in [0.2, 0.25) is 0 Å². The first-order chi connectivity index (χ1) is 21.6. The van der Waals surface area contributed by atoms with E-state index in [2.05, 4.69) is 157 Å². The fourth-order valence-electron chi connectivity index (χ4n) is 8.67. The van der Waals surface area contributed by atoms with Crippen LogP contribution in [-0.4, -0.2) is 4.98 Å². The first-order valence-electron chi connectivity index (χ1n) is 16.2. The molecular formula is C44H37N. The molecule has 1 heteroatoms. The van der Waals surface area contributed by atoms with Gasteiger partial charge in [-0.3, -0.25) is 0 Å². The summed E-state index contributed by atoms with van der Waals surface area (Å²) in [5, 5.41) is 0. The second kappa shape index (κ2) is 8.70. The molecule has 0 aliphatic heterocycles. The summed E-state index contributed by atoms with van der Waals surface area (Å²) < 4.78 is 0. The normalized spacial score (nSPS) is 16.8. The lowest BCUT2D eigenvalue weighted by molar-refractivity contribution is 0.658. The van der Waals surface area contributed by atoms with Crippen LogP contribution in [-0.2, 0) is 16.2 Å². The molecule has 0 spiro atoms. The number of pyridine rings is 1. The number of aromatic nitrogens is 1. The molecule has 0 bridgehead atoms. The molecule has 0 saturated heterocycles. The summed E-state index contributed by atoms with van der Waals surface area (Å²) in [6.45, 7) is 14.1. The molecule has 1 aromatic heterocycles. The van der Waals surface area contributed by atoms with Gasteiger partial charge in [-0.2, -0.15) is 0 Å². The molecule has 0 unspecified atom stereocenters. The third-order valence-corrected chi connectivity index (χ3v) is 11.3. The van der Waals surface area contributed by atoms with Crippen LogP contribution in [0.15, 0.2) is 115 Å². The van der Waals surface area contributed by atoms with Crippen molar-refractivity contribution in [1.29, 1.82) is 0 Å². The maximum absolute atomic E-state index is 5.37. The van der Waals surface area contributed by atoms with Gasteiger partial charge in [0.1, 0.15) is 0 Å². The molecule has 9 rings (SSSR count). The van der Waals surface area contributed by atoms with E-state index in [0.717, 1.165) is 11.4 Å². The van der Waals surface area contributed by atoms with Crippen LogP contribution in [0.1, 0.15) is 74.9 Å². The number of rotatable bonds is 2. The van der Waals surface area contributed by atoms with Crippen LogP contribution < -0.4 is 0 Å². The molecule has 3 aliphatic rings. The van der Waals surface area contributed by atoms with E-state index in [9.17, 15) is 0 Å². The molecule has 218 valence electrons. The molecule has 0 fully saturated rings. The summed E-state index contributed by atoms with van der Waals surface area (Å²) in [6, 6.07) is 43.3. The standard InChI is InChI=1S/C44H37N/c1-42(2)34-13-9-7-11-29(34)31-18-15-26(23-37(31)42)27-16-20-33-39(24-27)44(5,6)36-21-22-40(45-41(33)36)28-17-19-32-30-12-8-10-14-35(30)43(3,4)38(32)25-28/h7-25H,1-6H3. The zero-order valence-electron chi connectivity index (χ0n) is 26.9. The van der Waals surface area contributed by atoms with Crippen LogP contribution in [0.2, 0.25) is 0 Å².